The van der Waals surface area contributed by atoms with Crippen molar-refractivity contribution in [2.45, 2.75) is 26.7 Å². The van der Waals surface area contributed by atoms with Crippen molar-refractivity contribution in [2.75, 3.05) is 0 Å². The molecule has 1 aromatic heterocycles. The van der Waals surface area contributed by atoms with Crippen molar-refractivity contribution < 1.29 is 4.79 Å². The average Bonchev–Trinajstić information content (AvgIpc) is 2.65. The summed E-state index contributed by atoms with van der Waals surface area (Å²) in [6.07, 6.45) is 1.35. The first kappa shape index (κ1) is 14.0. The second-order valence-corrected chi connectivity index (χ2v) is 5.41. The molecule has 0 aliphatic rings. The molecular formula is C15H17BrN2O. The molecule has 0 spiro atoms. The molecule has 0 saturated carbocycles. The van der Waals surface area contributed by atoms with Crippen LogP contribution in [-0.4, -0.2) is 15.6 Å². The second-order valence-electron chi connectivity index (χ2n) is 4.62. The fourth-order valence-corrected chi connectivity index (χ4v) is 2.53. The number of benzene rings is 1. The second kappa shape index (κ2) is 5.70. The van der Waals surface area contributed by atoms with E-state index in [4.69, 9.17) is 0 Å². The Labute approximate surface area is 121 Å². The quantitative estimate of drug-likeness (QED) is 0.808. The summed E-state index contributed by atoms with van der Waals surface area (Å²) < 4.78 is 2.69. The fraction of sp³-hybridized carbons (Fsp3) is 0.333. The highest BCUT2D eigenvalue weighted by atomic mass is 79.9. The first-order valence-corrected chi connectivity index (χ1v) is 7.12. The number of Topliss-reactive ketones (excluding diaryl/α,β-unsaturated/α-hetero) is 1. The van der Waals surface area contributed by atoms with Crippen molar-refractivity contribution in [2.24, 2.45) is 7.05 Å². The predicted molar refractivity (Wildman–Crippen MR) is 79.5 cm³/mol. The minimum absolute atomic E-state index is 0.117. The number of ketones is 1. The van der Waals surface area contributed by atoms with Gasteiger partial charge in [0, 0.05) is 12.6 Å². The van der Waals surface area contributed by atoms with Gasteiger partial charge in [-0.05, 0) is 34.8 Å². The van der Waals surface area contributed by atoms with Gasteiger partial charge < -0.3 is 0 Å². The maximum atomic E-state index is 12.3. The lowest BCUT2D eigenvalue weighted by Gasteiger charge is -2.04. The van der Waals surface area contributed by atoms with Gasteiger partial charge in [0.2, 0.25) is 0 Å². The van der Waals surface area contributed by atoms with Crippen LogP contribution in [0.3, 0.4) is 0 Å². The number of carbonyl (C=O) groups excluding carboxylic acids is 1. The van der Waals surface area contributed by atoms with Crippen molar-refractivity contribution in [3.63, 3.8) is 0 Å². The first-order valence-electron chi connectivity index (χ1n) is 6.33. The molecule has 0 aliphatic heterocycles. The van der Waals surface area contributed by atoms with Gasteiger partial charge in [0.15, 0.2) is 5.78 Å². The van der Waals surface area contributed by atoms with Crippen LogP contribution in [0.1, 0.15) is 34.2 Å². The fourth-order valence-electron chi connectivity index (χ4n) is 2.05. The summed E-state index contributed by atoms with van der Waals surface area (Å²) in [4.78, 5) is 12.3. The van der Waals surface area contributed by atoms with Gasteiger partial charge in [-0.15, -0.1) is 0 Å². The third-order valence-electron chi connectivity index (χ3n) is 3.27. The highest BCUT2D eigenvalue weighted by molar-refractivity contribution is 9.10. The minimum Gasteiger partial charge on any atom is -0.294 e. The lowest BCUT2D eigenvalue weighted by molar-refractivity contribution is 0.0990. The Balaban J connectivity index is 2.20. The SMILES string of the molecule is CCc1ccc(C(=O)Cc2c(Br)c(C)nn2C)cc1. The first-order chi connectivity index (χ1) is 9.02. The molecule has 100 valence electrons. The molecule has 0 fully saturated rings. The molecule has 0 unspecified atom stereocenters. The maximum Gasteiger partial charge on any atom is 0.168 e. The Morgan fingerprint density at radius 2 is 1.95 bits per heavy atom. The van der Waals surface area contributed by atoms with Crippen molar-refractivity contribution in [3.05, 3.63) is 51.3 Å². The van der Waals surface area contributed by atoms with Crippen molar-refractivity contribution in [1.82, 2.24) is 9.78 Å². The Morgan fingerprint density at radius 1 is 1.32 bits per heavy atom. The van der Waals surface area contributed by atoms with Gasteiger partial charge in [-0.2, -0.15) is 5.10 Å². The third-order valence-corrected chi connectivity index (χ3v) is 4.31. The Kier molecular flexibility index (Phi) is 4.20. The van der Waals surface area contributed by atoms with E-state index in [0.717, 1.165) is 27.8 Å². The summed E-state index contributed by atoms with van der Waals surface area (Å²) in [5.74, 6) is 0.117. The topological polar surface area (TPSA) is 34.9 Å². The molecule has 0 saturated heterocycles. The zero-order valence-corrected chi connectivity index (χ0v) is 13.0. The van der Waals surface area contributed by atoms with E-state index in [2.05, 4.69) is 28.0 Å². The Bertz CT molecular complexity index is 599. The number of hydrogen-bond donors (Lipinski definition) is 0. The van der Waals surface area contributed by atoms with Crippen molar-refractivity contribution in [1.29, 1.82) is 0 Å². The van der Waals surface area contributed by atoms with E-state index in [0.29, 0.717) is 6.42 Å². The molecule has 3 nitrogen and oxygen atoms in total. The van der Waals surface area contributed by atoms with Gasteiger partial charge in [0.05, 0.1) is 22.3 Å². The van der Waals surface area contributed by atoms with Crippen LogP contribution < -0.4 is 0 Å². The molecule has 0 N–H and O–H groups in total. The summed E-state index contributed by atoms with van der Waals surface area (Å²) in [6, 6.07) is 7.82. The van der Waals surface area contributed by atoms with Crippen LogP contribution in [0.2, 0.25) is 0 Å². The molecule has 0 radical (unpaired) electrons. The molecular weight excluding hydrogens is 304 g/mol. The molecule has 1 heterocycles. The van der Waals surface area contributed by atoms with E-state index in [1.807, 2.05) is 38.2 Å². The Morgan fingerprint density at radius 3 is 2.42 bits per heavy atom. The smallest absolute Gasteiger partial charge is 0.168 e. The summed E-state index contributed by atoms with van der Waals surface area (Å²) in [6.45, 7) is 4.03. The number of aryl methyl sites for hydroxylation is 3. The summed E-state index contributed by atoms with van der Waals surface area (Å²) in [7, 11) is 1.86. The molecule has 2 aromatic rings. The normalized spacial score (nSPS) is 10.7. The zero-order valence-electron chi connectivity index (χ0n) is 11.4. The van der Waals surface area contributed by atoms with E-state index in [-0.39, 0.29) is 5.78 Å². The van der Waals surface area contributed by atoms with Gasteiger partial charge in [0.1, 0.15) is 0 Å². The van der Waals surface area contributed by atoms with Gasteiger partial charge in [-0.25, -0.2) is 0 Å². The van der Waals surface area contributed by atoms with E-state index < -0.39 is 0 Å². The van der Waals surface area contributed by atoms with Crippen molar-refractivity contribution in [3.8, 4) is 0 Å². The van der Waals surface area contributed by atoms with Crippen LogP contribution >= 0.6 is 15.9 Å². The molecule has 19 heavy (non-hydrogen) atoms. The molecule has 4 heteroatoms. The molecule has 0 atom stereocenters. The highest BCUT2D eigenvalue weighted by Gasteiger charge is 2.15. The molecule has 0 amide bonds. The average molecular weight is 321 g/mol. The largest absolute Gasteiger partial charge is 0.294 e. The van der Waals surface area contributed by atoms with Crippen LogP contribution in [-0.2, 0) is 19.9 Å². The van der Waals surface area contributed by atoms with Crippen LogP contribution in [0, 0.1) is 6.92 Å². The van der Waals surface area contributed by atoms with Gasteiger partial charge >= 0.3 is 0 Å². The lowest BCUT2D eigenvalue weighted by atomic mass is 10.0. The molecule has 1 aromatic carbocycles. The van der Waals surface area contributed by atoms with Crippen LogP contribution in [0.4, 0.5) is 0 Å². The monoisotopic (exact) mass is 320 g/mol. The summed E-state index contributed by atoms with van der Waals surface area (Å²) in [5.41, 5.74) is 3.82. The number of hydrogen-bond acceptors (Lipinski definition) is 2. The summed E-state index contributed by atoms with van der Waals surface area (Å²) >= 11 is 3.49. The number of nitrogens with zero attached hydrogens (tertiary/aromatic N) is 2. The van der Waals surface area contributed by atoms with E-state index in [9.17, 15) is 4.79 Å². The number of rotatable bonds is 4. The van der Waals surface area contributed by atoms with E-state index in [1.165, 1.54) is 5.56 Å². The van der Waals surface area contributed by atoms with Crippen LogP contribution in [0.25, 0.3) is 0 Å². The standard InChI is InChI=1S/C15H17BrN2O/c1-4-11-5-7-12(8-6-11)14(19)9-13-15(16)10(2)17-18(13)3/h5-8H,4,9H2,1-3H3. The number of aromatic nitrogens is 2. The van der Waals surface area contributed by atoms with Crippen LogP contribution in [0.5, 0.6) is 0 Å². The zero-order chi connectivity index (χ0) is 14.0. The van der Waals surface area contributed by atoms with Gasteiger partial charge in [-0.1, -0.05) is 31.2 Å². The molecule has 2 rings (SSSR count). The third kappa shape index (κ3) is 2.95. The highest BCUT2D eigenvalue weighted by Crippen LogP contribution is 2.21. The maximum absolute atomic E-state index is 12.3. The number of halogens is 1. The molecule has 0 bridgehead atoms. The Hall–Kier alpha value is -1.42. The number of carbonyl (C=O) groups is 1. The minimum atomic E-state index is 0.117. The van der Waals surface area contributed by atoms with Crippen molar-refractivity contribution >= 4 is 21.7 Å². The predicted octanol–water partition coefficient (Wildman–Crippen LogP) is 3.48. The molecule has 0 aliphatic carbocycles. The summed E-state index contributed by atoms with van der Waals surface area (Å²) in [5, 5.41) is 4.30. The van der Waals surface area contributed by atoms with Gasteiger partial charge in [-0.3, -0.25) is 9.48 Å². The van der Waals surface area contributed by atoms with Crippen LogP contribution in [0.15, 0.2) is 28.7 Å². The van der Waals surface area contributed by atoms with E-state index in [1.54, 1.807) is 4.68 Å². The van der Waals surface area contributed by atoms with E-state index >= 15 is 0 Å². The van der Waals surface area contributed by atoms with Gasteiger partial charge in [0.25, 0.3) is 0 Å². The lowest BCUT2D eigenvalue weighted by Crippen LogP contribution is -2.08.